The molecule has 180 valence electrons. The van der Waals surface area contributed by atoms with E-state index in [9.17, 15) is 22.4 Å². The van der Waals surface area contributed by atoms with Gasteiger partial charge in [-0.2, -0.15) is 4.31 Å². The van der Waals surface area contributed by atoms with Crippen LogP contribution in [0, 0.1) is 25.6 Å². The van der Waals surface area contributed by atoms with E-state index in [1.807, 2.05) is 6.92 Å². The number of nitrogens with one attached hydrogen (secondary N) is 1. The minimum atomic E-state index is -4.07. The molecule has 0 saturated carbocycles. The van der Waals surface area contributed by atoms with Gasteiger partial charge < -0.3 is 14.6 Å². The molecule has 0 aliphatic carbocycles. The van der Waals surface area contributed by atoms with Gasteiger partial charge in [-0.15, -0.1) is 0 Å². The molecule has 3 rings (SSSR count). The molecule has 1 fully saturated rings. The molecule has 1 aliphatic heterocycles. The third-order valence-corrected chi connectivity index (χ3v) is 7.99. The lowest BCUT2D eigenvalue weighted by molar-refractivity contribution is -0.120. The van der Waals surface area contributed by atoms with E-state index < -0.39 is 27.7 Å². The fourth-order valence-corrected chi connectivity index (χ4v) is 6.38. The molecule has 1 aromatic carbocycles. The largest absolute Gasteiger partial charge is 0.462 e. The van der Waals surface area contributed by atoms with Crippen molar-refractivity contribution >= 4 is 27.6 Å². The zero-order chi connectivity index (χ0) is 24.3. The number of aromatic nitrogens is 1. The number of nitrogens with zero attached hydrogens (tertiary/aromatic N) is 2. The van der Waals surface area contributed by atoms with Crippen LogP contribution in [-0.2, 0) is 26.1 Å². The number of halogens is 1. The van der Waals surface area contributed by atoms with Gasteiger partial charge in [0.15, 0.2) is 0 Å². The van der Waals surface area contributed by atoms with E-state index in [2.05, 4.69) is 5.32 Å². The molecule has 1 unspecified atom stereocenters. The van der Waals surface area contributed by atoms with Gasteiger partial charge in [-0.25, -0.2) is 17.6 Å². The van der Waals surface area contributed by atoms with Crippen molar-refractivity contribution in [3.8, 4) is 0 Å². The molecule has 1 aromatic heterocycles. The number of rotatable bonds is 7. The van der Waals surface area contributed by atoms with Crippen molar-refractivity contribution in [2.45, 2.75) is 52.0 Å². The van der Waals surface area contributed by atoms with Crippen LogP contribution in [0.4, 0.5) is 10.1 Å². The maximum absolute atomic E-state index is 13.7. The standard InChI is InChI=1S/C23H30FN3O5S/c1-5-27-15(3)20(23(29)32-6-2)21(16(27)4)33(30,31)26-12-8-9-17(14-26)22(28)25-19-11-7-10-18(24)13-19/h7,10-11,13,17H,5-6,8-9,12,14H2,1-4H3,(H,25,28). The van der Waals surface area contributed by atoms with Gasteiger partial charge in [-0.3, -0.25) is 4.79 Å². The van der Waals surface area contributed by atoms with Crippen molar-refractivity contribution in [1.29, 1.82) is 0 Å². The van der Waals surface area contributed by atoms with E-state index in [-0.39, 0.29) is 36.1 Å². The fraction of sp³-hybridized carbons (Fsp3) is 0.478. The molecule has 33 heavy (non-hydrogen) atoms. The third-order valence-electron chi connectivity index (χ3n) is 5.97. The number of carbonyl (C=O) groups is 2. The highest BCUT2D eigenvalue weighted by Crippen LogP contribution is 2.33. The van der Waals surface area contributed by atoms with Crippen molar-refractivity contribution in [3.05, 3.63) is 47.0 Å². The highest BCUT2D eigenvalue weighted by atomic mass is 32.2. The topological polar surface area (TPSA) is 97.7 Å². The Bertz CT molecular complexity index is 1160. The normalized spacial score (nSPS) is 17.1. The SMILES string of the molecule is CCOC(=O)c1c(S(=O)(=O)N2CCCC(C(=O)Nc3cccc(F)c3)C2)c(C)n(CC)c1C. The number of hydrogen-bond donors (Lipinski definition) is 1. The summed E-state index contributed by atoms with van der Waals surface area (Å²) < 4.78 is 49.1. The Labute approximate surface area is 193 Å². The fourth-order valence-electron chi connectivity index (χ4n) is 4.40. The van der Waals surface area contributed by atoms with Crippen LogP contribution in [-0.4, -0.2) is 48.9 Å². The van der Waals surface area contributed by atoms with Crippen LogP contribution in [0.5, 0.6) is 0 Å². The Balaban J connectivity index is 1.91. The molecular weight excluding hydrogens is 449 g/mol. The minimum absolute atomic E-state index is 0.0262. The average molecular weight is 480 g/mol. The van der Waals surface area contributed by atoms with E-state index in [4.69, 9.17) is 4.74 Å². The molecule has 8 nitrogen and oxygen atoms in total. The Morgan fingerprint density at radius 1 is 1.21 bits per heavy atom. The van der Waals surface area contributed by atoms with E-state index in [1.165, 1.54) is 22.5 Å². The van der Waals surface area contributed by atoms with Crippen molar-refractivity contribution in [3.63, 3.8) is 0 Å². The summed E-state index contributed by atoms with van der Waals surface area (Å²) in [6.07, 6.45) is 0.994. The lowest BCUT2D eigenvalue weighted by atomic mass is 9.99. The van der Waals surface area contributed by atoms with Crippen LogP contribution in [0.15, 0.2) is 29.2 Å². The number of esters is 1. The number of piperidine rings is 1. The molecule has 0 bridgehead atoms. The summed E-state index contributed by atoms with van der Waals surface area (Å²) in [4.78, 5) is 25.4. The van der Waals surface area contributed by atoms with Gasteiger partial charge in [0.1, 0.15) is 16.3 Å². The van der Waals surface area contributed by atoms with E-state index in [1.54, 1.807) is 31.4 Å². The van der Waals surface area contributed by atoms with Gasteiger partial charge in [0, 0.05) is 36.7 Å². The first kappa shape index (κ1) is 24.9. The lowest BCUT2D eigenvalue weighted by Gasteiger charge is -2.31. The second-order valence-electron chi connectivity index (χ2n) is 8.04. The van der Waals surface area contributed by atoms with Crippen molar-refractivity contribution in [1.82, 2.24) is 8.87 Å². The molecule has 0 spiro atoms. The number of sulfonamides is 1. The highest BCUT2D eigenvalue weighted by Gasteiger charge is 2.39. The molecule has 2 heterocycles. The van der Waals surface area contributed by atoms with Gasteiger partial charge in [0.25, 0.3) is 0 Å². The number of anilines is 1. The molecular formula is C23H30FN3O5S. The maximum Gasteiger partial charge on any atom is 0.341 e. The Kier molecular flexibility index (Phi) is 7.58. The Morgan fingerprint density at radius 2 is 1.94 bits per heavy atom. The van der Waals surface area contributed by atoms with Crippen LogP contribution in [0.3, 0.4) is 0 Å². The molecule has 0 radical (unpaired) electrons. The summed E-state index contributed by atoms with van der Waals surface area (Å²) in [5, 5.41) is 2.67. The summed E-state index contributed by atoms with van der Waals surface area (Å²) in [6, 6.07) is 5.55. The smallest absolute Gasteiger partial charge is 0.341 e. The first-order valence-corrected chi connectivity index (χ1v) is 12.5. The minimum Gasteiger partial charge on any atom is -0.462 e. The molecule has 1 saturated heterocycles. The van der Waals surface area contributed by atoms with Crippen molar-refractivity contribution in [2.75, 3.05) is 25.0 Å². The number of hydrogen-bond acceptors (Lipinski definition) is 5. The second-order valence-corrected chi connectivity index (χ2v) is 9.92. The number of amides is 1. The van der Waals surface area contributed by atoms with Crippen LogP contribution in [0.1, 0.15) is 48.4 Å². The summed E-state index contributed by atoms with van der Waals surface area (Å²) >= 11 is 0. The second kappa shape index (κ2) is 10.0. The van der Waals surface area contributed by atoms with Gasteiger partial charge >= 0.3 is 5.97 Å². The van der Waals surface area contributed by atoms with Crippen LogP contribution >= 0.6 is 0 Å². The van der Waals surface area contributed by atoms with Crippen LogP contribution < -0.4 is 5.32 Å². The molecule has 1 atom stereocenters. The number of carbonyl (C=O) groups excluding carboxylic acids is 2. The predicted octanol–water partition coefficient (Wildman–Crippen LogP) is 3.48. The van der Waals surface area contributed by atoms with Gasteiger partial charge in [-0.05, 0) is 58.7 Å². The number of ether oxygens (including phenoxy) is 1. The quantitative estimate of drug-likeness (QED) is 0.613. The van der Waals surface area contributed by atoms with E-state index >= 15 is 0 Å². The molecule has 1 N–H and O–H groups in total. The van der Waals surface area contributed by atoms with Gasteiger partial charge in [-0.1, -0.05) is 6.07 Å². The Morgan fingerprint density at radius 3 is 2.58 bits per heavy atom. The molecule has 1 amide bonds. The first-order valence-electron chi connectivity index (χ1n) is 11.0. The van der Waals surface area contributed by atoms with E-state index in [0.717, 1.165) is 0 Å². The lowest BCUT2D eigenvalue weighted by Crippen LogP contribution is -2.44. The monoisotopic (exact) mass is 479 g/mol. The molecule has 2 aromatic rings. The third kappa shape index (κ3) is 4.96. The average Bonchev–Trinajstić information content (AvgIpc) is 3.04. The zero-order valence-corrected chi connectivity index (χ0v) is 20.2. The van der Waals surface area contributed by atoms with Gasteiger partial charge in [0.2, 0.25) is 15.9 Å². The van der Waals surface area contributed by atoms with E-state index in [0.29, 0.717) is 36.5 Å². The van der Waals surface area contributed by atoms with Crippen molar-refractivity contribution < 1.29 is 27.1 Å². The summed E-state index contributed by atoms with van der Waals surface area (Å²) in [5.41, 5.74) is 1.35. The maximum atomic E-state index is 13.7. The first-order chi connectivity index (χ1) is 15.6. The Hall–Kier alpha value is -2.72. The summed E-state index contributed by atoms with van der Waals surface area (Å²) in [5.74, 6) is -2.12. The predicted molar refractivity (Wildman–Crippen MR) is 122 cm³/mol. The molecule has 1 aliphatic rings. The van der Waals surface area contributed by atoms with Crippen LogP contribution in [0.2, 0.25) is 0 Å². The zero-order valence-electron chi connectivity index (χ0n) is 19.4. The summed E-state index contributed by atoms with van der Waals surface area (Å²) in [6.45, 7) is 7.75. The molecule has 10 heteroatoms. The highest BCUT2D eigenvalue weighted by molar-refractivity contribution is 7.89. The summed E-state index contributed by atoms with van der Waals surface area (Å²) in [7, 11) is -4.07. The number of benzene rings is 1. The van der Waals surface area contributed by atoms with Gasteiger partial charge in [0.05, 0.1) is 12.5 Å². The van der Waals surface area contributed by atoms with Crippen LogP contribution in [0.25, 0.3) is 0 Å². The van der Waals surface area contributed by atoms with Crippen molar-refractivity contribution in [2.24, 2.45) is 5.92 Å².